The lowest BCUT2D eigenvalue weighted by atomic mass is 10.2. The largest absolute Gasteiger partial charge is 0.383 e. The summed E-state index contributed by atoms with van der Waals surface area (Å²) >= 11 is 1.69. The Hall–Kier alpha value is -2.51. The van der Waals surface area contributed by atoms with Crippen LogP contribution in [0.5, 0.6) is 0 Å². The van der Waals surface area contributed by atoms with Crippen LogP contribution < -0.4 is 10.2 Å². The predicted molar refractivity (Wildman–Crippen MR) is 112 cm³/mol. The molecule has 0 atom stereocenters. The highest BCUT2D eigenvalue weighted by molar-refractivity contribution is 7.15. The van der Waals surface area contributed by atoms with Crippen molar-refractivity contribution in [3.63, 3.8) is 0 Å². The Bertz CT molecular complexity index is 863. The Kier molecular flexibility index (Phi) is 6.36. The number of pyridine rings is 2. The molecule has 1 N–H and O–H groups in total. The zero-order valence-electron chi connectivity index (χ0n) is 16.1. The van der Waals surface area contributed by atoms with Crippen LogP contribution >= 0.6 is 11.3 Å². The normalized spacial score (nSPS) is 11.0. The average Bonchev–Trinajstić information content (AvgIpc) is 3.17. The third-order valence-corrected chi connectivity index (χ3v) is 5.46. The van der Waals surface area contributed by atoms with Gasteiger partial charge in [0.25, 0.3) is 0 Å². The number of methoxy groups -OCH3 is 1. The summed E-state index contributed by atoms with van der Waals surface area (Å²) in [5, 5.41) is 4.20. The Morgan fingerprint density at radius 3 is 2.63 bits per heavy atom. The van der Waals surface area contributed by atoms with Crippen LogP contribution in [0.2, 0.25) is 0 Å². The number of hydrogen-bond donors (Lipinski definition) is 1. The van der Waals surface area contributed by atoms with Crippen molar-refractivity contribution in [2.45, 2.75) is 19.8 Å². The smallest absolute Gasteiger partial charge is 0.142 e. The molecular formula is C20H25N5OS. The van der Waals surface area contributed by atoms with Crippen molar-refractivity contribution in [2.75, 3.05) is 37.5 Å². The first-order valence-corrected chi connectivity index (χ1v) is 9.74. The number of nitrogens with zero attached hydrogens (tertiary/aromatic N) is 4. The lowest BCUT2D eigenvalue weighted by Gasteiger charge is -2.18. The predicted octanol–water partition coefficient (Wildman–Crippen LogP) is 4.55. The molecular weight excluding hydrogens is 358 g/mol. The third-order valence-electron chi connectivity index (χ3n) is 4.14. The van der Waals surface area contributed by atoms with E-state index in [0.29, 0.717) is 12.5 Å². The third kappa shape index (κ3) is 5.02. The molecule has 0 aliphatic rings. The van der Waals surface area contributed by atoms with Crippen LogP contribution in [-0.4, -0.2) is 42.3 Å². The van der Waals surface area contributed by atoms with E-state index >= 15 is 0 Å². The summed E-state index contributed by atoms with van der Waals surface area (Å²) in [6.07, 6.45) is 3.78. The molecule has 3 aromatic heterocycles. The Morgan fingerprint density at radius 1 is 1.11 bits per heavy atom. The molecule has 0 radical (unpaired) electrons. The zero-order chi connectivity index (χ0) is 19.2. The molecule has 0 bridgehead atoms. The van der Waals surface area contributed by atoms with Gasteiger partial charge in [0.15, 0.2) is 0 Å². The van der Waals surface area contributed by atoms with E-state index in [1.165, 1.54) is 4.88 Å². The highest BCUT2D eigenvalue weighted by Crippen LogP contribution is 2.29. The van der Waals surface area contributed by atoms with E-state index in [0.717, 1.165) is 34.6 Å². The summed E-state index contributed by atoms with van der Waals surface area (Å²) in [7, 11) is 3.73. The Balaban J connectivity index is 1.70. The van der Waals surface area contributed by atoms with Gasteiger partial charge in [-0.05, 0) is 30.2 Å². The first-order valence-electron chi connectivity index (χ1n) is 8.93. The molecule has 27 heavy (non-hydrogen) atoms. The number of aromatic nitrogens is 3. The summed E-state index contributed by atoms with van der Waals surface area (Å²) in [4.78, 5) is 17.0. The second-order valence-corrected chi connectivity index (χ2v) is 7.63. The molecule has 0 aromatic carbocycles. The van der Waals surface area contributed by atoms with Gasteiger partial charge in [-0.3, -0.25) is 0 Å². The Morgan fingerprint density at radius 2 is 1.96 bits per heavy atom. The van der Waals surface area contributed by atoms with E-state index in [-0.39, 0.29) is 0 Å². The maximum absolute atomic E-state index is 5.11. The van der Waals surface area contributed by atoms with Crippen LogP contribution in [0.4, 0.5) is 17.3 Å². The standard InChI is InChI=1S/C20H25N5OS/c1-14(2)17-13-22-20(27-17)16-6-5-7-19(23-16)24-18-9-8-15(12-21-18)25(3)10-11-26-4/h5-9,12-14H,10-11H2,1-4H3,(H,21,23,24). The van der Waals surface area contributed by atoms with Crippen molar-refractivity contribution in [3.8, 4) is 10.7 Å². The van der Waals surface area contributed by atoms with Crippen LogP contribution in [0.1, 0.15) is 24.6 Å². The number of hydrogen-bond acceptors (Lipinski definition) is 7. The number of thiazole rings is 1. The number of nitrogens with one attached hydrogen (secondary N) is 1. The molecule has 3 heterocycles. The van der Waals surface area contributed by atoms with Gasteiger partial charge in [0, 0.05) is 31.8 Å². The fourth-order valence-corrected chi connectivity index (χ4v) is 3.36. The maximum Gasteiger partial charge on any atom is 0.142 e. The minimum absolute atomic E-state index is 0.474. The van der Waals surface area contributed by atoms with Crippen molar-refractivity contribution in [2.24, 2.45) is 0 Å². The highest BCUT2D eigenvalue weighted by atomic mass is 32.1. The molecule has 0 fully saturated rings. The van der Waals surface area contributed by atoms with Crippen LogP contribution in [0.25, 0.3) is 10.7 Å². The summed E-state index contributed by atoms with van der Waals surface area (Å²) in [6, 6.07) is 9.88. The number of ether oxygens (including phenoxy) is 1. The van der Waals surface area contributed by atoms with Crippen LogP contribution in [0.15, 0.2) is 42.7 Å². The lowest BCUT2D eigenvalue weighted by Crippen LogP contribution is -2.22. The first-order chi connectivity index (χ1) is 13.1. The highest BCUT2D eigenvalue weighted by Gasteiger charge is 2.09. The van der Waals surface area contributed by atoms with Crippen molar-refractivity contribution in [1.82, 2.24) is 15.0 Å². The van der Waals surface area contributed by atoms with Crippen molar-refractivity contribution in [3.05, 3.63) is 47.6 Å². The van der Waals surface area contributed by atoms with Gasteiger partial charge in [-0.1, -0.05) is 19.9 Å². The molecule has 0 amide bonds. The van der Waals surface area contributed by atoms with Crippen molar-refractivity contribution in [1.29, 1.82) is 0 Å². The van der Waals surface area contributed by atoms with E-state index in [4.69, 9.17) is 4.74 Å². The minimum atomic E-state index is 0.474. The van der Waals surface area contributed by atoms with Crippen LogP contribution in [0, 0.1) is 0 Å². The molecule has 3 aromatic rings. The molecule has 0 aliphatic heterocycles. The molecule has 0 saturated carbocycles. The summed E-state index contributed by atoms with van der Waals surface area (Å²) in [5.74, 6) is 1.98. The summed E-state index contributed by atoms with van der Waals surface area (Å²) < 4.78 is 5.11. The fourth-order valence-electron chi connectivity index (χ4n) is 2.47. The average molecular weight is 384 g/mol. The summed E-state index contributed by atoms with van der Waals surface area (Å²) in [6.45, 7) is 5.85. The molecule has 3 rings (SSSR count). The first kappa shape index (κ1) is 19.3. The molecule has 0 aliphatic carbocycles. The van der Waals surface area contributed by atoms with Gasteiger partial charge in [0.2, 0.25) is 0 Å². The second-order valence-electron chi connectivity index (χ2n) is 6.57. The van der Waals surface area contributed by atoms with E-state index in [1.807, 2.05) is 49.8 Å². The van der Waals surface area contributed by atoms with Crippen molar-refractivity contribution < 1.29 is 4.74 Å². The molecule has 0 unspecified atom stereocenters. The number of anilines is 3. The van der Waals surface area contributed by atoms with Gasteiger partial charge in [0.05, 0.1) is 18.5 Å². The number of rotatable bonds is 8. The van der Waals surface area contributed by atoms with Gasteiger partial charge in [0.1, 0.15) is 22.3 Å². The molecule has 0 saturated heterocycles. The van der Waals surface area contributed by atoms with E-state index < -0.39 is 0 Å². The van der Waals surface area contributed by atoms with E-state index in [2.05, 4.69) is 39.0 Å². The van der Waals surface area contributed by atoms with Crippen LogP contribution in [0.3, 0.4) is 0 Å². The van der Waals surface area contributed by atoms with Gasteiger partial charge in [-0.2, -0.15) is 0 Å². The Labute approximate surface area is 164 Å². The maximum atomic E-state index is 5.11. The zero-order valence-corrected chi connectivity index (χ0v) is 17.0. The SMILES string of the molecule is COCCN(C)c1ccc(Nc2cccc(-c3ncc(C(C)C)s3)n2)nc1. The number of likely N-dealkylation sites (N-methyl/N-ethyl adjacent to an activating group) is 1. The van der Waals surface area contributed by atoms with Crippen LogP contribution in [-0.2, 0) is 4.74 Å². The quantitative estimate of drug-likeness (QED) is 0.616. The monoisotopic (exact) mass is 383 g/mol. The van der Waals surface area contributed by atoms with Gasteiger partial charge < -0.3 is 15.0 Å². The van der Waals surface area contributed by atoms with Gasteiger partial charge in [-0.15, -0.1) is 11.3 Å². The van der Waals surface area contributed by atoms with Gasteiger partial charge >= 0.3 is 0 Å². The molecule has 6 nitrogen and oxygen atoms in total. The molecule has 7 heteroatoms. The fraction of sp³-hybridized carbons (Fsp3) is 0.350. The topological polar surface area (TPSA) is 63.2 Å². The molecule has 0 spiro atoms. The van der Waals surface area contributed by atoms with E-state index in [9.17, 15) is 0 Å². The minimum Gasteiger partial charge on any atom is -0.383 e. The van der Waals surface area contributed by atoms with Gasteiger partial charge in [-0.25, -0.2) is 15.0 Å². The van der Waals surface area contributed by atoms with Crippen molar-refractivity contribution >= 4 is 28.7 Å². The lowest BCUT2D eigenvalue weighted by molar-refractivity contribution is 0.206. The van der Waals surface area contributed by atoms with E-state index in [1.54, 1.807) is 18.4 Å². The second kappa shape index (κ2) is 8.92. The molecule has 142 valence electrons. The summed E-state index contributed by atoms with van der Waals surface area (Å²) in [5.41, 5.74) is 1.91.